The van der Waals surface area contributed by atoms with Gasteiger partial charge in [0.25, 0.3) is 5.91 Å². The van der Waals surface area contributed by atoms with Crippen molar-refractivity contribution in [3.05, 3.63) is 53.3 Å². The molecule has 1 unspecified atom stereocenters. The van der Waals surface area contributed by atoms with Crippen LogP contribution in [0.2, 0.25) is 0 Å². The van der Waals surface area contributed by atoms with Crippen LogP contribution in [0.1, 0.15) is 53.8 Å². The number of aromatic nitrogens is 3. The summed E-state index contributed by atoms with van der Waals surface area (Å²) in [6.07, 6.45) is 6.76. The Balaban J connectivity index is 1.10. The topological polar surface area (TPSA) is 112 Å². The minimum Gasteiger partial charge on any atom is -0.480 e. The molecule has 1 saturated heterocycles. The highest BCUT2D eigenvalue weighted by molar-refractivity contribution is 5.99. The van der Waals surface area contributed by atoms with Crippen molar-refractivity contribution in [2.75, 3.05) is 31.5 Å². The Kier molecular flexibility index (Phi) is 7.82. The molecule has 3 aromatic rings. The number of carbonyl (C=O) groups excluding carboxylic acids is 1. The van der Waals surface area contributed by atoms with E-state index in [1.807, 2.05) is 0 Å². The summed E-state index contributed by atoms with van der Waals surface area (Å²) in [7, 11) is 0. The Bertz CT molecular complexity index is 1310. The van der Waals surface area contributed by atoms with Crippen LogP contribution < -0.4 is 10.6 Å². The predicted molar refractivity (Wildman–Crippen MR) is 138 cm³/mol. The third kappa shape index (κ3) is 5.93. The molecule has 0 aliphatic carbocycles. The van der Waals surface area contributed by atoms with E-state index in [2.05, 4.69) is 32.8 Å². The molecule has 9 nitrogen and oxygen atoms in total. The number of hydrogen-bond acceptors (Lipinski definition) is 6. The van der Waals surface area contributed by atoms with Gasteiger partial charge in [0.15, 0.2) is 0 Å². The van der Waals surface area contributed by atoms with Crippen molar-refractivity contribution in [2.24, 2.45) is 5.92 Å². The average Bonchev–Trinajstić information content (AvgIpc) is 3.56. The van der Waals surface area contributed by atoms with Crippen LogP contribution in [0.25, 0.3) is 10.9 Å². The molecule has 5 rings (SSSR count). The molecule has 0 saturated carbocycles. The number of carboxylic acid groups (broad SMARTS) is 1. The number of halogens is 2. The highest BCUT2D eigenvalue weighted by Crippen LogP contribution is 2.25. The minimum absolute atomic E-state index is 0.199. The molecule has 1 amide bonds. The maximum absolute atomic E-state index is 13.0. The van der Waals surface area contributed by atoms with Gasteiger partial charge in [-0.25, -0.2) is 14.5 Å². The van der Waals surface area contributed by atoms with Gasteiger partial charge in [0.2, 0.25) is 0 Å². The number of pyridine rings is 1. The first-order chi connectivity index (χ1) is 18.4. The van der Waals surface area contributed by atoms with Gasteiger partial charge in [0.1, 0.15) is 11.9 Å². The number of amides is 1. The number of rotatable bonds is 10. The van der Waals surface area contributed by atoms with Crippen LogP contribution >= 0.6 is 0 Å². The number of nitrogens with one attached hydrogen (secondary N) is 2. The number of carbonyl (C=O) groups is 2. The summed E-state index contributed by atoms with van der Waals surface area (Å²) >= 11 is 0. The molecule has 0 radical (unpaired) electrons. The summed E-state index contributed by atoms with van der Waals surface area (Å²) in [4.78, 5) is 31.6. The molecule has 4 heterocycles. The van der Waals surface area contributed by atoms with Crippen LogP contribution in [0.15, 0.2) is 36.5 Å². The molecular formula is C27H32F2N6O3. The summed E-state index contributed by atoms with van der Waals surface area (Å²) in [6, 6.07) is 7.48. The van der Waals surface area contributed by atoms with E-state index in [0.29, 0.717) is 22.5 Å². The Morgan fingerprint density at radius 3 is 2.92 bits per heavy atom. The number of alkyl halides is 2. The summed E-state index contributed by atoms with van der Waals surface area (Å²) in [5, 5.41) is 19.7. The number of carboxylic acids is 1. The van der Waals surface area contributed by atoms with Crippen molar-refractivity contribution in [2.45, 2.75) is 51.1 Å². The zero-order valence-corrected chi connectivity index (χ0v) is 21.1. The standard InChI is InChI=1S/C27H32F2N6O3/c28-27(29)35-23-8-5-19(14-20(23)15-31-35)25(36)33-22(26(37)38)10-13-34-12-9-17(16-34)3-6-21-7-4-18-2-1-11-30-24(18)32-21/h4-5,7-8,14-15,17,22,27H,1-3,6,9-13,16H2,(H,30,32)(H,33,36)(H,37,38)/t17-,22?/m0/s1. The van der Waals surface area contributed by atoms with Crippen molar-refractivity contribution in [3.8, 4) is 0 Å². The van der Waals surface area contributed by atoms with E-state index in [9.17, 15) is 23.5 Å². The molecule has 2 aromatic heterocycles. The second-order valence-corrected chi connectivity index (χ2v) is 10.1. The van der Waals surface area contributed by atoms with E-state index in [1.54, 1.807) is 0 Å². The highest BCUT2D eigenvalue weighted by atomic mass is 19.3. The molecule has 2 aliphatic heterocycles. The van der Waals surface area contributed by atoms with Gasteiger partial charge in [-0.15, -0.1) is 0 Å². The first kappa shape index (κ1) is 26.0. The van der Waals surface area contributed by atoms with Crippen molar-refractivity contribution < 1.29 is 23.5 Å². The molecule has 0 bridgehead atoms. The van der Waals surface area contributed by atoms with Crippen LogP contribution in [-0.4, -0.2) is 68.9 Å². The smallest absolute Gasteiger partial charge is 0.333 e. The number of fused-ring (bicyclic) bond motifs is 2. The van der Waals surface area contributed by atoms with Gasteiger partial charge < -0.3 is 20.6 Å². The highest BCUT2D eigenvalue weighted by Gasteiger charge is 2.26. The van der Waals surface area contributed by atoms with Gasteiger partial charge in [-0.2, -0.15) is 13.9 Å². The molecular weight excluding hydrogens is 494 g/mol. The Labute approximate surface area is 219 Å². The molecule has 3 N–H and O–H groups in total. The molecule has 2 aliphatic rings. The summed E-state index contributed by atoms with van der Waals surface area (Å²) in [5.74, 6) is -0.116. The van der Waals surface area contributed by atoms with E-state index in [-0.39, 0.29) is 17.5 Å². The maximum atomic E-state index is 13.0. The fourth-order valence-electron chi connectivity index (χ4n) is 5.37. The van der Waals surface area contributed by atoms with Gasteiger partial charge in [0, 0.05) is 36.3 Å². The fraction of sp³-hybridized carbons (Fsp3) is 0.481. The number of likely N-dealkylation sites (tertiary alicyclic amines) is 1. The van der Waals surface area contributed by atoms with E-state index in [4.69, 9.17) is 4.98 Å². The number of anilines is 1. The van der Waals surface area contributed by atoms with Gasteiger partial charge >= 0.3 is 12.5 Å². The first-order valence-corrected chi connectivity index (χ1v) is 13.1. The lowest BCUT2D eigenvalue weighted by Crippen LogP contribution is -2.43. The predicted octanol–water partition coefficient (Wildman–Crippen LogP) is 3.71. The third-order valence-corrected chi connectivity index (χ3v) is 7.51. The third-order valence-electron chi connectivity index (χ3n) is 7.51. The summed E-state index contributed by atoms with van der Waals surface area (Å²) in [6.45, 7) is 0.547. The number of aryl methyl sites for hydroxylation is 2. The number of nitrogens with zero attached hydrogens (tertiary/aromatic N) is 4. The Morgan fingerprint density at radius 2 is 2.11 bits per heavy atom. The average molecular weight is 527 g/mol. The number of benzene rings is 1. The first-order valence-electron chi connectivity index (χ1n) is 13.1. The lowest BCUT2D eigenvalue weighted by molar-refractivity contribution is -0.139. The summed E-state index contributed by atoms with van der Waals surface area (Å²) in [5.41, 5.74) is 2.79. The SMILES string of the molecule is O=C(NC(CCN1CC[C@H](CCc2ccc3c(n2)NCCC3)C1)C(=O)O)c1ccc2c(cnn2C(F)F)c1. The monoisotopic (exact) mass is 526 g/mol. The van der Waals surface area contributed by atoms with Gasteiger partial charge in [-0.1, -0.05) is 6.07 Å². The minimum atomic E-state index is -2.79. The van der Waals surface area contributed by atoms with Gasteiger partial charge in [-0.05, 0) is 80.8 Å². The summed E-state index contributed by atoms with van der Waals surface area (Å²) < 4.78 is 26.6. The van der Waals surface area contributed by atoms with Crippen LogP contribution in [0.3, 0.4) is 0 Å². The quantitative estimate of drug-likeness (QED) is 0.369. The molecule has 202 valence electrons. The van der Waals surface area contributed by atoms with Crippen molar-refractivity contribution in [1.82, 2.24) is 25.0 Å². The molecule has 1 aromatic carbocycles. The van der Waals surface area contributed by atoms with Crippen LogP contribution in [-0.2, 0) is 17.6 Å². The van der Waals surface area contributed by atoms with Crippen molar-refractivity contribution in [3.63, 3.8) is 0 Å². The van der Waals surface area contributed by atoms with E-state index < -0.39 is 24.5 Å². The van der Waals surface area contributed by atoms with Gasteiger partial charge in [-0.3, -0.25) is 4.79 Å². The number of hydrogen-bond donors (Lipinski definition) is 3. The molecule has 0 spiro atoms. The van der Waals surface area contributed by atoms with Crippen LogP contribution in [0, 0.1) is 5.92 Å². The normalized spacial score (nSPS) is 18.3. The second-order valence-electron chi connectivity index (χ2n) is 10.1. The van der Waals surface area contributed by atoms with Crippen LogP contribution in [0.5, 0.6) is 0 Å². The van der Waals surface area contributed by atoms with Gasteiger partial charge in [0.05, 0.1) is 11.7 Å². The van der Waals surface area contributed by atoms with Crippen LogP contribution in [0.4, 0.5) is 14.6 Å². The number of aliphatic carboxylic acids is 1. The largest absolute Gasteiger partial charge is 0.480 e. The zero-order valence-electron chi connectivity index (χ0n) is 21.1. The van der Waals surface area contributed by atoms with Crippen molar-refractivity contribution in [1.29, 1.82) is 0 Å². The zero-order chi connectivity index (χ0) is 26.6. The second kappa shape index (κ2) is 11.4. The van der Waals surface area contributed by atoms with E-state index >= 15 is 0 Å². The lowest BCUT2D eigenvalue weighted by Gasteiger charge is -2.20. The molecule has 1 fully saturated rings. The van der Waals surface area contributed by atoms with Crippen molar-refractivity contribution >= 4 is 28.6 Å². The lowest BCUT2D eigenvalue weighted by atomic mass is 10.00. The Morgan fingerprint density at radius 1 is 1.24 bits per heavy atom. The fourth-order valence-corrected chi connectivity index (χ4v) is 5.37. The van der Waals surface area contributed by atoms with E-state index in [0.717, 1.165) is 63.3 Å². The molecule has 38 heavy (non-hydrogen) atoms. The van der Waals surface area contributed by atoms with E-state index in [1.165, 1.54) is 30.0 Å². The molecule has 11 heteroatoms. The molecule has 2 atom stereocenters. The Hall–Kier alpha value is -3.60. The maximum Gasteiger partial charge on any atom is 0.333 e.